The summed E-state index contributed by atoms with van der Waals surface area (Å²) < 4.78 is 0. The first-order chi connectivity index (χ1) is 13.7. The fourth-order valence-corrected chi connectivity index (χ4v) is 4.23. The van der Waals surface area contributed by atoms with E-state index in [-0.39, 0.29) is 17.9 Å². The van der Waals surface area contributed by atoms with Gasteiger partial charge < -0.3 is 10.2 Å². The van der Waals surface area contributed by atoms with E-state index in [2.05, 4.69) is 71.5 Å². The number of hydrogen-bond acceptors (Lipinski definition) is 3. The summed E-state index contributed by atoms with van der Waals surface area (Å²) in [7, 11) is 0. The lowest BCUT2D eigenvalue weighted by molar-refractivity contribution is -0.122. The zero-order valence-electron chi connectivity index (χ0n) is 17.4. The number of hydrogen-bond donors (Lipinski definition) is 1. The zero-order valence-corrected chi connectivity index (χ0v) is 17.4. The molecular formula is C24H33N3O. The minimum Gasteiger partial charge on any atom is -0.354 e. The molecule has 4 heteroatoms. The molecule has 0 aromatic heterocycles. The van der Waals surface area contributed by atoms with Crippen molar-refractivity contribution in [3.63, 3.8) is 0 Å². The first-order valence-corrected chi connectivity index (χ1v) is 10.7. The molecule has 1 N–H and O–H groups in total. The molecule has 28 heavy (non-hydrogen) atoms. The maximum absolute atomic E-state index is 12.8. The summed E-state index contributed by atoms with van der Waals surface area (Å²) in [5.74, 6) is 0.142. The van der Waals surface area contributed by atoms with Gasteiger partial charge in [-0.05, 0) is 62.2 Å². The molecule has 0 radical (unpaired) electrons. The highest BCUT2D eigenvalue weighted by atomic mass is 16.2. The minimum absolute atomic E-state index is 0.0565. The van der Waals surface area contributed by atoms with E-state index in [1.807, 2.05) is 6.92 Å². The van der Waals surface area contributed by atoms with Gasteiger partial charge in [-0.25, -0.2) is 0 Å². The van der Waals surface area contributed by atoms with Gasteiger partial charge in [-0.1, -0.05) is 56.3 Å². The maximum atomic E-state index is 12.8. The average Bonchev–Trinajstić information content (AvgIpc) is 2.69. The molecule has 2 aromatic carbocycles. The first kappa shape index (κ1) is 20.5. The SMILES string of the molecule is CCCN(CCC)CCCNC(=O)C1N=C(C)C1c1cccc2ccccc12. The second kappa shape index (κ2) is 9.83. The smallest absolute Gasteiger partial charge is 0.245 e. The van der Waals surface area contributed by atoms with Crippen LogP contribution in [0.25, 0.3) is 10.8 Å². The van der Waals surface area contributed by atoms with Crippen LogP contribution in [-0.2, 0) is 4.79 Å². The van der Waals surface area contributed by atoms with Crippen LogP contribution >= 0.6 is 0 Å². The van der Waals surface area contributed by atoms with Crippen molar-refractivity contribution in [3.8, 4) is 0 Å². The first-order valence-electron chi connectivity index (χ1n) is 10.7. The number of carbonyl (C=O) groups excluding carboxylic acids is 1. The van der Waals surface area contributed by atoms with Crippen molar-refractivity contribution >= 4 is 22.4 Å². The number of rotatable bonds is 10. The van der Waals surface area contributed by atoms with E-state index in [1.54, 1.807) is 0 Å². The molecule has 150 valence electrons. The Morgan fingerprint density at radius 3 is 2.46 bits per heavy atom. The van der Waals surface area contributed by atoms with Crippen molar-refractivity contribution < 1.29 is 4.79 Å². The summed E-state index contributed by atoms with van der Waals surface area (Å²) >= 11 is 0. The Morgan fingerprint density at radius 2 is 1.75 bits per heavy atom. The molecule has 0 spiro atoms. The Bertz CT molecular complexity index is 818. The molecule has 2 atom stereocenters. The van der Waals surface area contributed by atoms with E-state index in [1.165, 1.54) is 29.2 Å². The lowest BCUT2D eigenvalue weighted by Crippen LogP contribution is -2.46. The van der Waals surface area contributed by atoms with Gasteiger partial charge in [-0.3, -0.25) is 9.79 Å². The second-order valence-electron chi connectivity index (χ2n) is 7.75. The molecule has 2 unspecified atom stereocenters. The fraction of sp³-hybridized carbons (Fsp3) is 0.500. The number of carbonyl (C=O) groups is 1. The van der Waals surface area contributed by atoms with Crippen molar-refractivity contribution in [1.29, 1.82) is 0 Å². The van der Waals surface area contributed by atoms with Crippen LogP contribution < -0.4 is 5.32 Å². The van der Waals surface area contributed by atoms with Crippen molar-refractivity contribution in [1.82, 2.24) is 10.2 Å². The molecular weight excluding hydrogens is 346 g/mol. The molecule has 4 nitrogen and oxygen atoms in total. The Balaban J connectivity index is 1.59. The van der Waals surface area contributed by atoms with E-state index >= 15 is 0 Å². The number of nitrogens with zero attached hydrogens (tertiary/aromatic N) is 2. The minimum atomic E-state index is -0.298. The van der Waals surface area contributed by atoms with Gasteiger partial charge in [0.1, 0.15) is 6.04 Å². The summed E-state index contributed by atoms with van der Waals surface area (Å²) in [5.41, 5.74) is 2.26. The molecule has 0 aliphatic carbocycles. The summed E-state index contributed by atoms with van der Waals surface area (Å²) in [6.45, 7) is 10.5. The summed E-state index contributed by atoms with van der Waals surface area (Å²) in [6, 6.07) is 14.4. The Hall–Kier alpha value is -2.20. The number of amides is 1. The second-order valence-corrected chi connectivity index (χ2v) is 7.75. The highest BCUT2D eigenvalue weighted by molar-refractivity contribution is 6.06. The number of aliphatic imine (C=N–C) groups is 1. The summed E-state index contributed by atoms with van der Waals surface area (Å²) in [5, 5.41) is 5.55. The van der Waals surface area contributed by atoms with Crippen molar-refractivity contribution in [2.24, 2.45) is 4.99 Å². The maximum Gasteiger partial charge on any atom is 0.245 e. The molecule has 1 amide bonds. The summed E-state index contributed by atoms with van der Waals surface area (Å²) in [4.78, 5) is 19.8. The van der Waals surface area contributed by atoms with E-state index in [0.29, 0.717) is 0 Å². The Kier molecular flexibility index (Phi) is 7.21. The fourth-order valence-electron chi connectivity index (χ4n) is 4.23. The highest BCUT2D eigenvalue weighted by Gasteiger charge is 2.39. The van der Waals surface area contributed by atoms with Gasteiger partial charge in [0.2, 0.25) is 5.91 Å². The average molecular weight is 380 g/mol. The molecule has 0 saturated carbocycles. The Labute approximate surface area is 169 Å². The van der Waals surface area contributed by atoms with Gasteiger partial charge in [0.25, 0.3) is 0 Å². The van der Waals surface area contributed by atoms with Crippen LogP contribution in [-0.4, -0.2) is 48.7 Å². The molecule has 3 rings (SSSR count). The standard InChI is InChI=1S/C24H33N3O/c1-4-15-27(16-5-2)17-9-14-25-24(28)23-22(18(3)26-23)21-13-8-11-19-10-6-7-12-20(19)21/h6-8,10-13,22-23H,4-5,9,14-17H2,1-3H3,(H,25,28). The van der Waals surface area contributed by atoms with Gasteiger partial charge in [-0.15, -0.1) is 0 Å². The van der Waals surface area contributed by atoms with Gasteiger partial charge >= 0.3 is 0 Å². The number of nitrogens with one attached hydrogen (secondary N) is 1. The zero-order chi connectivity index (χ0) is 19.9. The Morgan fingerprint density at radius 1 is 1.04 bits per heavy atom. The molecule has 0 bridgehead atoms. The largest absolute Gasteiger partial charge is 0.354 e. The van der Waals surface area contributed by atoms with Gasteiger partial charge in [0.05, 0.1) is 5.92 Å². The topological polar surface area (TPSA) is 44.7 Å². The third-order valence-electron chi connectivity index (χ3n) is 5.57. The van der Waals surface area contributed by atoms with Gasteiger partial charge in [0, 0.05) is 12.3 Å². The molecule has 1 aliphatic rings. The van der Waals surface area contributed by atoms with Gasteiger partial charge in [0.15, 0.2) is 0 Å². The molecule has 1 heterocycles. The van der Waals surface area contributed by atoms with Crippen molar-refractivity contribution in [3.05, 3.63) is 48.0 Å². The van der Waals surface area contributed by atoms with Gasteiger partial charge in [-0.2, -0.15) is 0 Å². The predicted molar refractivity (Wildman–Crippen MR) is 118 cm³/mol. The highest BCUT2D eigenvalue weighted by Crippen LogP contribution is 2.36. The molecule has 1 aliphatic heterocycles. The van der Waals surface area contributed by atoms with Crippen LogP contribution in [0.2, 0.25) is 0 Å². The third-order valence-corrected chi connectivity index (χ3v) is 5.57. The van der Waals surface area contributed by atoms with E-state index < -0.39 is 0 Å². The van der Waals surface area contributed by atoms with Crippen LogP contribution in [0.4, 0.5) is 0 Å². The van der Waals surface area contributed by atoms with E-state index in [9.17, 15) is 4.79 Å². The normalized spacial score (nSPS) is 18.8. The quantitative estimate of drug-likeness (QED) is 0.622. The summed E-state index contributed by atoms with van der Waals surface area (Å²) in [6.07, 6.45) is 3.34. The third kappa shape index (κ3) is 4.61. The van der Waals surface area contributed by atoms with E-state index in [4.69, 9.17) is 0 Å². The molecule has 0 fully saturated rings. The van der Waals surface area contributed by atoms with Crippen LogP contribution in [0, 0.1) is 0 Å². The lowest BCUT2D eigenvalue weighted by atomic mass is 9.80. The van der Waals surface area contributed by atoms with Crippen molar-refractivity contribution in [2.75, 3.05) is 26.2 Å². The van der Waals surface area contributed by atoms with Crippen LogP contribution in [0.1, 0.15) is 51.5 Å². The molecule has 2 aromatic rings. The van der Waals surface area contributed by atoms with Crippen LogP contribution in [0.3, 0.4) is 0 Å². The monoisotopic (exact) mass is 379 g/mol. The van der Waals surface area contributed by atoms with Crippen LogP contribution in [0.5, 0.6) is 0 Å². The predicted octanol–water partition coefficient (Wildman–Crippen LogP) is 4.39. The molecule has 0 saturated heterocycles. The van der Waals surface area contributed by atoms with Crippen molar-refractivity contribution in [2.45, 2.75) is 52.0 Å². The van der Waals surface area contributed by atoms with Crippen LogP contribution in [0.15, 0.2) is 47.5 Å². The number of benzene rings is 2. The lowest BCUT2D eigenvalue weighted by Gasteiger charge is -2.33. The van der Waals surface area contributed by atoms with E-state index in [0.717, 1.165) is 38.3 Å². The number of fused-ring (bicyclic) bond motifs is 1.